The Morgan fingerprint density at radius 3 is 2.76 bits per heavy atom. The van der Waals surface area contributed by atoms with E-state index in [4.69, 9.17) is 10.5 Å². The first-order valence-corrected chi connectivity index (χ1v) is 8.92. The summed E-state index contributed by atoms with van der Waals surface area (Å²) in [6.07, 6.45) is 2.45. The van der Waals surface area contributed by atoms with Crippen molar-refractivity contribution in [2.24, 2.45) is 5.73 Å². The number of pyridine rings is 1. The summed E-state index contributed by atoms with van der Waals surface area (Å²) in [4.78, 5) is 26.0. The Kier molecular flexibility index (Phi) is 4.48. The van der Waals surface area contributed by atoms with Crippen molar-refractivity contribution in [2.75, 3.05) is 11.4 Å². The highest BCUT2D eigenvalue weighted by atomic mass is 35.5. The van der Waals surface area contributed by atoms with Gasteiger partial charge in [-0.1, -0.05) is 12.1 Å². The van der Waals surface area contributed by atoms with Gasteiger partial charge in [0.1, 0.15) is 16.8 Å². The van der Waals surface area contributed by atoms with Crippen molar-refractivity contribution in [2.45, 2.75) is 19.0 Å². The zero-order chi connectivity index (χ0) is 19.6. The van der Waals surface area contributed by atoms with Crippen LogP contribution in [0.5, 0.6) is 11.5 Å². The summed E-state index contributed by atoms with van der Waals surface area (Å²) in [5.41, 5.74) is 6.08. The molecule has 7 nitrogen and oxygen atoms in total. The number of carboxylic acids is 1. The molecule has 3 N–H and O–H groups in total. The number of rotatable bonds is 2. The Morgan fingerprint density at radius 2 is 2.07 bits per heavy atom. The molecular formula is C20H17ClFN3O4. The normalized spacial score (nSPS) is 16.9. The smallest absolute Gasteiger partial charge is 0.341 e. The van der Waals surface area contributed by atoms with Crippen molar-refractivity contribution in [3.05, 3.63) is 58.1 Å². The molecule has 0 saturated carbocycles. The van der Waals surface area contributed by atoms with Gasteiger partial charge in [-0.3, -0.25) is 4.79 Å². The van der Waals surface area contributed by atoms with Gasteiger partial charge >= 0.3 is 5.97 Å². The molecule has 3 heterocycles. The fraction of sp³-hybridized carbons (Fsp3) is 0.200. The molecular weight excluding hydrogens is 401 g/mol. The number of hydrogen-bond acceptors (Lipinski definition) is 5. The van der Waals surface area contributed by atoms with Gasteiger partial charge in [0.2, 0.25) is 5.43 Å². The third kappa shape index (κ3) is 2.67. The number of ether oxygens (including phenoxy) is 1. The largest absolute Gasteiger partial charge is 0.477 e. The second-order valence-electron chi connectivity index (χ2n) is 6.95. The number of carboxylic acid groups (broad SMARTS) is 1. The molecule has 2 aliphatic heterocycles. The Labute approximate surface area is 170 Å². The molecule has 2 aromatic carbocycles. The molecule has 0 radical (unpaired) electrons. The molecule has 0 aliphatic carbocycles. The minimum atomic E-state index is -1.37. The highest BCUT2D eigenvalue weighted by molar-refractivity contribution is 5.99. The summed E-state index contributed by atoms with van der Waals surface area (Å²) in [5.74, 6) is -1.41. The Morgan fingerprint density at radius 1 is 1.31 bits per heavy atom. The van der Waals surface area contributed by atoms with Crippen molar-refractivity contribution in [3.63, 3.8) is 0 Å². The lowest BCUT2D eigenvalue weighted by atomic mass is 10.1. The summed E-state index contributed by atoms with van der Waals surface area (Å²) < 4.78 is 22.8. The van der Waals surface area contributed by atoms with E-state index in [0.717, 1.165) is 18.9 Å². The molecule has 0 amide bonds. The van der Waals surface area contributed by atoms with Crippen LogP contribution in [-0.2, 0) is 0 Å². The van der Waals surface area contributed by atoms with Crippen LogP contribution in [0.15, 0.2) is 41.3 Å². The molecule has 2 aliphatic rings. The zero-order valence-corrected chi connectivity index (χ0v) is 15.9. The van der Waals surface area contributed by atoms with Gasteiger partial charge in [-0.2, -0.15) is 0 Å². The molecule has 150 valence electrons. The van der Waals surface area contributed by atoms with Crippen LogP contribution in [0.25, 0.3) is 16.6 Å². The van der Waals surface area contributed by atoms with Gasteiger partial charge in [-0.15, -0.1) is 12.4 Å². The van der Waals surface area contributed by atoms with Crippen LogP contribution in [0.3, 0.4) is 0 Å². The highest BCUT2D eigenvalue weighted by Gasteiger charge is 2.33. The van der Waals surface area contributed by atoms with E-state index < -0.39 is 22.8 Å². The van der Waals surface area contributed by atoms with Crippen molar-refractivity contribution >= 4 is 35.0 Å². The predicted octanol–water partition coefficient (Wildman–Crippen LogP) is 3.24. The first-order chi connectivity index (χ1) is 13.5. The lowest BCUT2D eigenvalue weighted by Crippen LogP contribution is -2.37. The zero-order valence-electron chi connectivity index (χ0n) is 15.1. The van der Waals surface area contributed by atoms with Crippen LogP contribution >= 0.6 is 12.4 Å². The lowest BCUT2D eigenvalue weighted by Gasteiger charge is -2.30. The fourth-order valence-electron chi connectivity index (χ4n) is 4.05. The molecule has 29 heavy (non-hydrogen) atoms. The molecule has 1 saturated heterocycles. The van der Waals surface area contributed by atoms with E-state index in [1.54, 1.807) is 33.7 Å². The summed E-state index contributed by atoms with van der Waals surface area (Å²) in [5, 5.41) is 9.41. The van der Waals surface area contributed by atoms with Crippen LogP contribution in [0.4, 0.5) is 10.1 Å². The van der Waals surface area contributed by atoms with Gasteiger partial charge in [-0.25, -0.2) is 9.18 Å². The van der Waals surface area contributed by atoms with Crippen LogP contribution in [0.2, 0.25) is 0 Å². The van der Waals surface area contributed by atoms with E-state index in [1.165, 1.54) is 6.20 Å². The first kappa shape index (κ1) is 19.2. The standard InChI is InChI=1S/C20H16FN3O4.ClH/c21-12-8-10-16-19(17(12)23-7-3-6-15(23)22)28-14-5-2-1-4-13(14)24(16)9-11(18(10)25)20(26)27;/h1-2,4-5,8-9,15H,3,6-7,22H2,(H,26,27);1H. The number of nitrogens with two attached hydrogens (primary N) is 1. The number of aromatic nitrogens is 1. The minimum absolute atomic E-state index is 0. The number of anilines is 1. The molecule has 1 unspecified atom stereocenters. The van der Waals surface area contributed by atoms with Crippen LogP contribution < -0.4 is 20.8 Å². The maximum atomic E-state index is 15.2. The van der Waals surface area contributed by atoms with Gasteiger partial charge in [-0.05, 0) is 31.0 Å². The van der Waals surface area contributed by atoms with Crippen LogP contribution in [-0.4, -0.2) is 28.4 Å². The van der Waals surface area contributed by atoms with Crippen molar-refractivity contribution in [1.29, 1.82) is 0 Å². The first-order valence-electron chi connectivity index (χ1n) is 8.92. The van der Waals surface area contributed by atoms with Crippen LogP contribution in [0, 0.1) is 5.82 Å². The third-order valence-electron chi connectivity index (χ3n) is 5.32. The molecule has 3 aromatic rings. The third-order valence-corrected chi connectivity index (χ3v) is 5.32. The van der Waals surface area contributed by atoms with E-state index in [1.807, 2.05) is 0 Å². The Hall–Kier alpha value is -3.10. The summed E-state index contributed by atoms with van der Waals surface area (Å²) >= 11 is 0. The molecule has 0 spiro atoms. The van der Waals surface area contributed by atoms with Crippen molar-refractivity contribution < 1.29 is 19.0 Å². The van der Waals surface area contributed by atoms with Gasteiger partial charge in [0.05, 0.1) is 17.2 Å². The lowest BCUT2D eigenvalue weighted by molar-refractivity contribution is 0.0695. The van der Waals surface area contributed by atoms with Crippen molar-refractivity contribution in [1.82, 2.24) is 4.57 Å². The Balaban J connectivity index is 0.00000205. The molecule has 1 atom stereocenters. The SMILES string of the molecule is Cl.NC1CCCN1c1c(F)cc2c(=O)c(C(=O)O)cn3c2c1Oc1ccccc1-3. The Bertz CT molecular complexity index is 1230. The molecule has 1 aromatic heterocycles. The highest BCUT2D eigenvalue weighted by Crippen LogP contribution is 2.47. The number of carbonyl (C=O) groups is 1. The molecule has 9 heteroatoms. The molecule has 1 fully saturated rings. The van der Waals surface area contributed by atoms with Gasteiger partial charge in [0, 0.05) is 12.7 Å². The summed E-state index contributed by atoms with van der Waals surface area (Å²) in [6.45, 7) is 0.568. The number of fused-ring (bicyclic) bond motifs is 2. The van der Waals surface area contributed by atoms with E-state index in [-0.39, 0.29) is 35.4 Å². The van der Waals surface area contributed by atoms with E-state index in [0.29, 0.717) is 23.5 Å². The maximum Gasteiger partial charge on any atom is 0.341 e. The monoisotopic (exact) mass is 417 g/mol. The second-order valence-corrected chi connectivity index (χ2v) is 6.95. The van der Waals surface area contributed by atoms with Gasteiger partial charge < -0.3 is 25.0 Å². The number of halogens is 2. The van der Waals surface area contributed by atoms with E-state index in [2.05, 4.69) is 0 Å². The average Bonchev–Trinajstić information content (AvgIpc) is 3.09. The number of hydrogen-bond donors (Lipinski definition) is 2. The topological polar surface area (TPSA) is 97.8 Å². The van der Waals surface area contributed by atoms with E-state index >= 15 is 4.39 Å². The predicted molar refractivity (Wildman–Crippen MR) is 108 cm³/mol. The minimum Gasteiger partial charge on any atom is -0.477 e. The van der Waals surface area contributed by atoms with Gasteiger partial charge in [0.15, 0.2) is 17.3 Å². The fourth-order valence-corrected chi connectivity index (χ4v) is 4.05. The number of benzene rings is 2. The van der Waals surface area contributed by atoms with Crippen LogP contribution in [0.1, 0.15) is 23.2 Å². The maximum absolute atomic E-state index is 15.2. The van der Waals surface area contributed by atoms with E-state index in [9.17, 15) is 14.7 Å². The molecule has 5 rings (SSSR count). The molecule has 0 bridgehead atoms. The quantitative estimate of drug-likeness (QED) is 0.519. The van der Waals surface area contributed by atoms with Gasteiger partial charge in [0.25, 0.3) is 0 Å². The van der Waals surface area contributed by atoms with Crippen molar-refractivity contribution in [3.8, 4) is 17.2 Å². The second kappa shape index (κ2) is 6.75. The summed E-state index contributed by atoms with van der Waals surface area (Å²) in [6, 6.07) is 8.09. The number of para-hydroxylation sites is 2. The average molecular weight is 418 g/mol. The summed E-state index contributed by atoms with van der Waals surface area (Å²) in [7, 11) is 0. The number of aromatic carboxylic acids is 1. The number of nitrogens with zero attached hydrogens (tertiary/aromatic N) is 2.